The van der Waals surface area contributed by atoms with Crippen molar-refractivity contribution in [1.82, 2.24) is 4.98 Å². The van der Waals surface area contributed by atoms with Crippen LogP contribution >= 0.6 is 7.14 Å². The Morgan fingerprint density at radius 2 is 2.00 bits per heavy atom. The van der Waals surface area contributed by atoms with E-state index in [0.29, 0.717) is 0 Å². The van der Waals surface area contributed by atoms with Gasteiger partial charge in [-0.25, -0.2) is 0 Å². The van der Waals surface area contributed by atoms with Crippen molar-refractivity contribution in [3.05, 3.63) is 36.7 Å². The summed E-state index contributed by atoms with van der Waals surface area (Å²) in [6.45, 7) is 3.57. The van der Waals surface area contributed by atoms with Crippen LogP contribution in [0.1, 0.15) is 0 Å². The molecule has 0 unspecified atom stereocenters. The molecule has 2 nitrogen and oxygen atoms in total. The number of aromatic nitrogens is 1. The van der Waals surface area contributed by atoms with Crippen LogP contribution < -0.4 is 5.30 Å². The standard InChI is InChI=1S/C11H12NOP/c1-14(2,13)11-5-3-4-9-6-7-12-8-10(9)11/h3-8H,1-2H3. The molecule has 0 aliphatic heterocycles. The Bertz CT molecular complexity index is 510. The number of benzene rings is 1. The molecule has 2 aromatic rings. The van der Waals surface area contributed by atoms with Gasteiger partial charge in [0, 0.05) is 23.1 Å². The minimum atomic E-state index is -2.20. The van der Waals surface area contributed by atoms with Crippen molar-refractivity contribution in [2.45, 2.75) is 0 Å². The average molecular weight is 205 g/mol. The van der Waals surface area contributed by atoms with Gasteiger partial charge in [0.25, 0.3) is 0 Å². The predicted molar refractivity (Wildman–Crippen MR) is 60.8 cm³/mol. The highest BCUT2D eigenvalue weighted by molar-refractivity contribution is 7.70. The SMILES string of the molecule is CP(C)(=O)c1cccc2ccncc12. The van der Waals surface area contributed by atoms with Crippen molar-refractivity contribution >= 4 is 23.2 Å². The molecule has 0 saturated carbocycles. The first-order valence-corrected chi connectivity index (χ1v) is 7.07. The van der Waals surface area contributed by atoms with Crippen molar-refractivity contribution < 1.29 is 4.57 Å². The monoisotopic (exact) mass is 205 g/mol. The summed E-state index contributed by atoms with van der Waals surface area (Å²) in [6, 6.07) is 7.81. The summed E-state index contributed by atoms with van der Waals surface area (Å²) >= 11 is 0. The summed E-state index contributed by atoms with van der Waals surface area (Å²) in [7, 11) is -2.20. The fourth-order valence-corrected chi connectivity index (χ4v) is 2.78. The second-order valence-electron chi connectivity index (χ2n) is 3.72. The molecule has 0 N–H and O–H groups in total. The first-order chi connectivity index (χ1) is 6.59. The molecule has 0 saturated heterocycles. The van der Waals surface area contributed by atoms with E-state index >= 15 is 0 Å². The van der Waals surface area contributed by atoms with Crippen LogP contribution in [0.5, 0.6) is 0 Å². The lowest BCUT2D eigenvalue weighted by Crippen LogP contribution is -2.04. The molecule has 0 aliphatic carbocycles. The second kappa shape index (κ2) is 3.21. The van der Waals surface area contributed by atoms with Gasteiger partial charge in [0.1, 0.15) is 7.14 Å². The van der Waals surface area contributed by atoms with Crippen molar-refractivity contribution in [2.24, 2.45) is 0 Å². The maximum absolute atomic E-state index is 12.0. The third-order valence-electron chi connectivity index (χ3n) is 2.24. The first-order valence-electron chi connectivity index (χ1n) is 4.47. The fourth-order valence-electron chi connectivity index (χ4n) is 1.57. The maximum atomic E-state index is 12.0. The maximum Gasteiger partial charge on any atom is 0.110 e. The van der Waals surface area contributed by atoms with Crippen LogP contribution in [0.25, 0.3) is 10.8 Å². The Balaban J connectivity index is 2.85. The third kappa shape index (κ3) is 1.58. The summed E-state index contributed by atoms with van der Waals surface area (Å²) < 4.78 is 12.0. The predicted octanol–water partition coefficient (Wildman–Crippen LogP) is 2.48. The van der Waals surface area contributed by atoms with Crippen LogP contribution in [0.2, 0.25) is 0 Å². The number of hydrogen-bond donors (Lipinski definition) is 0. The molecule has 3 heteroatoms. The Kier molecular flexibility index (Phi) is 2.16. The Morgan fingerprint density at radius 3 is 2.71 bits per heavy atom. The van der Waals surface area contributed by atoms with Gasteiger partial charge in [0.2, 0.25) is 0 Å². The molecule has 1 aromatic carbocycles. The van der Waals surface area contributed by atoms with Crippen LogP contribution in [0.4, 0.5) is 0 Å². The molecule has 1 aromatic heterocycles. The lowest BCUT2D eigenvalue weighted by molar-refractivity contribution is 0.588. The van der Waals surface area contributed by atoms with Gasteiger partial charge in [-0.15, -0.1) is 0 Å². The van der Waals surface area contributed by atoms with Crippen molar-refractivity contribution in [2.75, 3.05) is 13.3 Å². The second-order valence-corrected chi connectivity index (χ2v) is 6.91. The molecule has 0 bridgehead atoms. The number of hydrogen-bond acceptors (Lipinski definition) is 2. The minimum absolute atomic E-state index is 0.920. The van der Waals surface area contributed by atoms with Crippen molar-refractivity contribution in [3.63, 3.8) is 0 Å². The molecule has 0 amide bonds. The van der Waals surface area contributed by atoms with E-state index < -0.39 is 7.14 Å². The zero-order valence-electron chi connectivity index (χ0n) is 8.27. The zero-order chi connectivity index (χ0) is 10.2. The third-order valence-corrected chi connectivity index (χ3v) is 3.79. The van der Waals surface area contributed by atoms with E-state index in [0.717, 1.165) is 16.1 Å². The highest BCUT2D eigenvalue weighted by atomic mass is 31.2. The number of fused-ring (bicyclic) bond motifs is 1. The van der Waals surface area contributed by atoms with E-state index in [1.165, 1.54) is 0 Å². The normalized spacial score (nSPS) is 11.9. The number of rotatable bonds is 1. The Morgan fingerprint density at radius 1 is 1.21 bits per heavy atom. The van der Waals surface area contributed by atoms with Gasteiger partial charge in [0.05, 0.1) is 0 Å². The first kappa shape index (κ1) is 9.42. The van der Waals surface area contributed by atoms with Gasteiger partial charge in [-0.3, -0.25) is 4.98 Å². The van der Waals surface area contributed by atoms with Gasteiger partial charge in [-0.1, -0.05) is 18.2 Å². The summed E-state index contributed by atoms with van der Waals surface area (Å²) in [5.74, 6) is 0. The Labute approximate surface area is 83.4 Å². The van der Waals surface area contributed by atoms with E-state index in [9.17, 15) is 4.57 Å². The topological polar surface area (TPSA) is 30.0 Å². The molecule has 0 fully saturated rings. The molecule has 0 aliphatic rings. The lowest BCUT2D eigenvalue weighted by atomic mass is 10.2. The largest absolute Gasteiger partial charge is 0.319 e. The van der Waals surface area contributed by atoms with Gasteiger partial charge >= 0.3 is 0 Å². The fraction of sp³-hybridized carbons (Fsp3) is 0.182. The molecule has 72 valence electrons. The molecule has 14 heavy (non-hydrogen) atoms. The molecular formula is C11H12NOP. The van der Waals surface area contributed by atoms with E-state index in [1.807, 2.05) is 24.3 Å². The quantitative estimate of drug-likeness (QED) is 0.669. The van der Waals surface area contributed by atoms with Gasteiger partial charge < -0.3 is 4.57 Å². The van der Waals surface area contributed by atoms with Crippen LogP contribution in [-0.4, -0.2) is 18.3 Å². The molecule has 0 spiro atoms. The average Bonchev–Trinajstić information content (AvgIpc) is 2.15. The van der Waals surface area contributed by atoms with Crippen LogP contribution in [0.3, 0.4) is 0 Å². The highest BCUT2D eigenvalue weighted by Gasteiger charge is 2.13. The zero-order valence-corrected chi connectivity index (χ0v) is 9.16. The molecule has 0 radical (unpaired) electrons. The van der Waals surface area contributed by atoms with Crippen molar-refractivity contribution in [3.8, 4) is 0 Å². The summed E-state index contributed by atoms with van der Waals surface area (Å²) in [5, 5.41) is 3.02. The summed E-state index contributed by atoms with van der Waals surface area (Å²) in [5.41, 5.74) is 0. The Hall–Kier alpha value is -1.14. The van der Waals surface area contributed by atoms with E-state index in [4.69, 9.17) is 0 Å². The number of pyridine rings is 1. The van der Waals surface area contributed by atoms with E-state index in [2.05, 4.69) is 4.98 Å². The van der Waals surface area contributed by atoms with E-state index in [1.54, 1.807) is 25.7 Å². The van der Waals surface area contributed by atoms with Gasteiger partial charge in [-0.05, 0) is 24.8 Å². The van der Waals surface area contributed by atoms with Gasteiger partial charge in [-0.2, -0.15) is 0 Å². The lowest BCUT2D eigenvalue weighted by Gasteiger charge is -2.09. The van der Waals surface area contributed by atoms with Crippen molar-refractivity contribution in [1.29, 1.82) is 0 Å². The van der Waals surface area contributed by atoms with Crippen LogP contribution in [0, 0.1) is 0 Å². The van der Waals surface area contributed by atoms with E-state index in [-0.39, 0.29) is 0 Å². The van der Waals surface area contributed by atoms with Gasteiger partial charge in [0.15, 0.2) is 0 Å². The van der Waals surface area contributed by atoms with Crippen LogP contribution in [0.15, 0.2) is 36.7 Å². The van der Waals surface area contributed by atoms with Crippen LogP contribution in [-0.2, 0) is 4.57 Å². The minimum Gasteiger partial charge on any atom is -0.319 e. The number of nitrogens with zero attached hydrogens (tertiary/aromatic N) is 1. The smallest absolute Gasteiger partial charge is 0.110 e. The molecular weight excluding hydrogens is 193 g/mol. The molecule has 0 atom stereocenters. The summed E-state index contributed by atoms with van der Waals surface area (Å²) in [6.07, 6.45) is 3.53. The highest BCUT2D eigenvalue weighted by Crippen LogP contribution is 2.37. The molecule has 2 rings (SSSR count). The summed E-state index contributed by atoms with van der Waals surface area (Å²) in [4.78, 5) is 4.07. The molecule has 1 heterocycles.